The highest BCUT2D eigenvalue weighted by Crippen LogP contribution is 2.29. The van der Waals surface area contributed by atoms with Crippen LogP contribution in [0.4, 0.5) is 0 Å². The van der Waals surface area contributed by atoms with Crippen molar-refractivity contribution in [2.75, 3.05) is 0 Å². The van der Waals surface area contributed by atoms with E-state index >= 15 is 0 Å². The van der Waals surface area contributed by atoms with Crippen LogP contribution in [-0.4, -0.2) is 15.4 Å². The summed E-state index contributed by atoms with van der Waals surface area (Å²) in [5, 5.41) is 7.33. The van der Waals surface area contributed by atoms with Crippen LogP contribution in [0.1, 0.15) is 12.8 Å². The van der Waals surface area contributed by atoms with Gasteiger partial charge in [0.1, 0.15) is 0 Å². The van der Waals surface area contributed by atoms with Gasteiger partial charge in [-0.25, -0.2) is 0 Å². The first kappa shape index (κ1) is 8.37. The maximum Gasteiger partial charge on any atom is 0.229 e. The highest BCUT2D eigenvalue weighted by Gasteiger charge is 2.31. The van der Waals surface area contributed by atoms with E-state index in [1.807, 2.05) is 0 Å². The molecule has 0 aromatic carbocycles. The molecule has 1 heterocycles. The fourth-order valence-corrected chi connectivity index (χ4v) is 2.07. The number of thioether (sulfide) groups is 1. The molecular weight excluding hydrogens is 242 g/mol. The van der Waals surface area contributed by atoms with E-state index in [0.717, 1.165) is 12.8 Å². The smallest absolute Gasteiger partial charge is 0.229 e. The van der Waals surface area contributed by atoms with Gasteiger partial charge in [0.05, 0.1) is 0 Å². The van der Waals surface area contributed by atoms with E-state index in [9.17, 15) is 4.79 Å². The average molecular weight is 250 g/mol. The largest absolute Gasteiger partial charge is 0.303 e. The minimum atomic E-state index is 0.0898. The number of hydrazone groups is 1. The Morgan fingerprint density at radius 2 is 2.50 bits per heavy atom. The first-order chi connectivity index (χ1) is 5.75. The standard InChI is InChI=1S/C6H8BrN3OS/c7-5-9-10-6(12-5)8-4(11)3-1-2-3/h3,5,9H,1-2H2,(H,8,10,11). The lowest BCUT2D eigenvalue weighted by Crippen LogP contribution is -2.28. The zero-order valence-electron chi connectivity index (χ0n) is 6.21. The lowest BCUT2D eigenvalue weighted by atomic mass is 10.4. The second-order valence-electron chi connectivity index (χ2n) is 2.74. The molecule has 1 amide bonds. The van der Waals surface area contributed by atoms with Gasteiger partial charge in [-0.15, -0.1) is 0 Å². The monoisotopic (exact) mass is 249 g/mol. The molecule has 6 heteroatoms. The molecule has 66 valence electrons. The quantitative estimate of drug-likeness (QED) is 0.534. The number of carbonyl (C=O) groups is 1. The molecule has 0 aromatic rings. The van der Waals surface area contributed by atoms with Crippen molar-refractivity contribution in [1.82, 2.24) is 10.7 Å². The molecule has 1 aliphatic carbocycles. The zero-order valence-corrected chi connectivity index (χ0v) is 8.61. The number of nitrogens with zero attached hydrogens (tertiary/aromatic N) is 1. The topological polar surface area (TPSA) is 53.5 Å². The van der Waals surface area contributed by atoms with Crippen molar-refractivity contribution in [2.45, 2.75) is 17.1 Å². The second-order valence-corrected chi connectivity index (χ2v) is 5.36. The maximum atomic E-state index is 11.2. The molecule has 1 unspecified atom stereocenters. The van der Waals surface area contributed by atoms with E-state index in [1.165, 1.54) is 11.8 Å². The van der Waals surface area contributed by atoms with Crippen molar-refractivity contribution in [3.63, 3.8) is 0 Å². The zero-order chi connectivity index (χ0) is 8.55. The third-order valence-corrected chi connectivity index (χ3v) is 3.16. The molecule has 0 aromatic heterocycles. The third-order valence-electron chi connectivity index (χ3n) is 1.66. The second kappa shape index (κ2) is 3.26. The first-order valence-corrected chi connectivity index (χ1v) is 5.50. The molecule has 0 saturated heterocycles. The molecule has 1 atom stereocenters. The van der Waals surface area contributed by atoms with Crippen LogP contribution in [0.5, 0.6) is 0 Å². The summed E-state index contributed by atoms with van der Waals surface area (Å²) in [6, 6.07) is 0. The van der Waals surface area contributed by atoms with Gasteiger partial charge < -0.3 is 5.32 Å². The minimum absolute atomic E-state index is 0.0898. The van der Waals surface area contributed by atoms with Gasteiger partial charge in [-0.3, -0.25) is 10.2 Å². The van der Waals surface area contributed by atoms with Crippen LogP contribution in [0.3, 0.4) is 0 Å². The molecular formula is C6H8BrN3OS. The lowest BCUT2D eigenvalue weighted by molar-refractivity contribution is -0.120. The van der Waals surface area contributed by atoms with Crippen LogP contribution >= 0.6 is 27.7 Å². The van der Waals surface area contributed by atoms with Crippen molar-refractivity contribution in [3.8, 4) is 0 Å². The molecule has 2 rings (SSSR count). The third kappa shape index (κ3) is 1.92. The van der Waals surface area contributed by atoms with E-state index in [0.29, 0.717) is 5.17 Å². The number of nitrogens with one attached hydrogen (secondary N) is 2. The number of halogens is 1. The first-order valence-electron chi connectivity index (χ1n) is 3.70. The van der Waals surface area contributed by atoms with Gasteiger partial charge in [-0.05, 0) is 24.6 Å². The highest BCUT2D eigenvalue weighted by molar-refractivity contribution is 9.11. The average Bonchev–Trinajstić information content (AvgIpc) is 2.78. The van der Waals surface area contributed by atoms with Crippen molar-refractivity contribution >= 4 is 38.8 Å². The number of alkyl halides is 1. The molecule has 2 aliphatic rings. The Balaban J connectivity index is 1.82. The number of hydrogen-bond acceptors (Lipinski definition) is 4. The van der Waals surface area contributed by atoms with E-state index in [2.05, 4.69) is 31.8 Å². The summed E-state index contributed by atoms with van der Waals surface area (Å²) in [6.45, 7) is 0. The molecule has 0 bridgehead atoms. The van der Waals surface area contributed by atoms with Crippen molar-refractivity contribution in [3.05, 3.63) is 0 Å². The SMILES string of the molecule is O=C(NC1=NNC(Br)S1)C1CC1. The van der Waals surface area contributed by atoms with Crippen LogP contribution < -0.4 is 10.7 Å². The summed E-state index contributed by atoms with van der Waals surface area (Å²) in [6.07, 6.45) is 2.05. The molecule has 4 nitrogen and oxygen atoms in total. The summed E-state index contributed by atoms with van der Waals surface area (Å²) in [7, 11) is 0. The maximum absolute atomic E-state index is 11.2. The van der Waals surface area contributed by atoms with Crippen molar-refractivity contribution in [2.24, 2.45) is 11.0 Å². The molecule has 1 fully saturated rings. The summed E-state index contributed by atoms with van der Waals surface area (Å²) < 4.78 is 0.0898. The molecule has 0 radical (unpaired) electrons. The number of amides is 1. The Morgan fingerprint density at radius 3 is 3.00 bits per heavy atom. The lowest BCUT2D eigenvalue weighted by Gasteiger charge is -2.00. The van der Waals surface area contributed by atoms with Gasteiger partial charge in [0.15, 0.2) is 9.45 Å². The van der Waals surface area contributed by atoms with Crippen LogP contribution in [0.15, 0.2) is 5.10 Å². The summed E-state index contributed by atoms with van der Waals surface area (Å²) in [4.78, 5) is 11.2. The number of rotatable bonds is 1. The summed E-state index contributed by atoms with van der Waals surface area (Å²) in [5.74, 6) is 0.340. The molecule has 12 heavy (non-hydrogen) atoms. The predicted octanol–water partition coefficient (Wildman–Crippen LogP) is 0.798. The number of carbonyl (C=O) groups excluding carboxylic acids is 1. The Kier molecular flexibility index (Phi) is 2.27. The van der Waals surface area contributed by atoms with Crippen LogP contribution in [-0.2, 0) is 4.79 Å². The Labute approximate surface area is 82.7 Å². The molecule has 2 N–H and O–H groups in total. The number of hydrogen-bond donors (Lipinski definition) is 2. The summed E-state index contributed by atoms with van der Waals surface area (Å²) >= 11 is 4.77. The fraction of sp³-hybridized carbons (Fsp3) is 0.667. The molecule has 1 aliphatic heterocycles. The van der Waals surface area contributed by atoms with Gasteiger partial charge in [0.25, 0.3) is 0 Å². The van der Waals surface area contributed by atoms with E-state index < -0.39 is 0 Å². The van der Waals surface area contributed by atoms with Gasteiger partial charge >= 0.3 is 0 Å². The Hall–Kier alpha value is -0.230. The number of amidine groups is 1. The van der Waals surface area contributed by atoms with Crippen LogP contribution in [0, 0.1) is 5.92 Å². The highest BCUT2D eigenvalue weighted by atomic mass is 79.9. The van der Waals surface area contributed by atoms with Gasteiger partial charge in [0.2, 0.25) is 5.91 Å². The normalized spacial score (nSPS) is 27.8. The van der Waals surface area contributed by atoms with Crippen LogP contribution in [0.2, 0.25) is 0 Å². The molecule has 0 spiro atoms. The van der Waals surface area contributed by atoms with Gasteiger partial charge in [0, 0.05) is 5.92 Å². The van der Waals surface area contributed by atoms with E-state index in [1.54, 1.807) is 0 Å². The van der Waals surface area contributed by atoms with Gasteiger partial charge in [-0.2, -0.15) is 5.10 Å². The predicted molar refractivity (Wildman–Crippen MR) is 51.7 cm³/mol. The Morgan fingerprint density at radius 1 is 1.75 bits per heavy atom. The Bertz CT molecular complexity index is 241. The summed E-state index contributed by atoms with van der Waals surface area (Å²) in [5.41, 5.74) is 2.79. The van der Waals surface area contributed by atoms with Crippen molar-refractivity contribution in [1.29, 1.82) is 0 Å². The van der Waals surface area contributed by atoms with E-state index in [-0.39, 0.29) is 16.1 Å². The van der Waals surface area contributed by atoms with Gasteiger partial charge in [-0.1, -0.05) is 15.9 Å². The van der Waals surface area contributed by atoms with Crippen molar-refractivity contribution < 1.29 is 4.79 Å². The van der Waals surface area contributed by atoms with Crippen LogP contribution in [0.25, 0.3) is 0 Å². The minimum Gasteiger partial charge on any atom is -0.303 e. The fourth-order valence-electron chi connectivity index (χ4n) is 0.870. The molecule has 1 saturated carbocycles. The van der Waals surface area contributed by atoms with E-state index in [4.69, 9.17) is 0 Å².